The van der Waals surface area contributed by atoms with Gasteiger partial charge in [-0.2, -0.15) is 0 Å². The highest BCUT2D eigenvalue weighted by Crippen LogP contribution is 2.27. The van der Waals surface area contributed by atoms with Crippen molar-refractivity contribution >= 4 is 23.2 Å². The molecular weight excluding hydrogens is 250 g/mol. The van der Waals surface area contributed by atoms with Gasteiger partial charge in [0.1, 0.15) is 0 Å². The zero-order chi connectivity index (χ0) is 13.3. The molecule has 0 N–H and O–H groups in total. The lowest BCUT2D eigenvalue weighted by Crippen LogP contribution is -2.03. The van der Waals surface area contributed by atoms with E-state index in [1.54, 1.807) is 35.4 Å². The molecule has 1 aromatic carbocycles. The Balaban J connectivity index is 2.43. The zero-order valence-corrected chi connectivity index (χ0v) is 10.9. The maximum atomic E-state index is 12.0. The van der Waals surface area contributed by atoms with Gasteiger partial charge in [0.15, 0.2) is 11.6 Å². The first-order valence-electron chi connectivity index (χ1n) is 5.44. The standard InChI is InChI=1S/C14H12ClNO2/c1-16(2)8-9(15)7-12-13(17)10-5-3-4-6-11(10)14(12)18/h3-8H,1-2H3/b9-8+. The van der Waals surface area contributed by atoms with Gasteiger partial charge in [0.2, 0.25) is 0 Å². The van der Waals surface area contributed by atoms with Gasteiger partial charge >= 0.3 is 0 Å². The van der Waals surface area contributed by atoms with Crippen LogP contribution in [-0.4, -0.2) is 30.6 Å². The minimum Gasteiger partial charge on any atom is -0.382 e. The van der Waals surface area contributed by atoms with Gasteiger partial charge < -0.3 is 4.90 Å². The Morgan fingerprint density at radius 1 is 1.11 bits per heavy atom. The second-order valence-corrected chi connectivity index (χ2v) is 4.68. The molecule has 1 aromatic rings. The SMILES string of the molecule is CN(C)/C=C(/Cl)C=C1C(=O)c2ccccc2C1=O. The van der Waals surface area contributed by atoms with Crippen molar-refractivity contribution in [2.75, 3.05) is 14.1 Å². The summed E-state index contributed by atoms with van der Waals surface area (Å²) in [5, 5.41) is 0.351. The monoisotopic (exact) mass is 261 g/mol. The van der Waals surface area contributed by atoms with Crippen LogP contribution in [0.3, 0.4) is 0 Å². The first-order valence-corrected chi connectivity index (χ1v) is 5.82. The van der Waals surface area contributed by atoms with E-state index in [4.69, 9.17) is 11.6 Å². The van der Waals surface area contributed by atoms with Gasteiger partial charge in [-0.3, -0.25) is 9.59 Å². The van der Waals surface area contributed by atoms with Crippen molar-refractivity contribution in [2.45, 2.75) is 0 Å². The Morgan fingerprint density at radius 3 is 2.06 bits per heavy atom. The first kappa shape index (κ1) is 12.6. The molecular formula is C14H12ClNO2. The van der Waals surface area contributed by atoms with E-state index >= 15 is 0 Å². The predicted molar refractivity (Wildman–Crippen MR) is 70.8 cm³/mol. The number of allylic oxidation sites excluding steroid dienone is 3. The summed E-state index contributed by atoms with van der Waals surface area (Å²) in [7, 11) is 3.63. The number of nitrogens with zero attached hydrogens (tertiary/aromatic N) is 1. The van der Waals surface area contributed by atoms with Gasteiger partial charge in [0, 0.05) is 31.4 Å². The molecule has 1 aliphatic rings. The fourth-order valence-corrected chi connectivity index (χ4v) is 2.13. The second-order valence-electron chi connectivity index (χ2n) is 4.24. The minimum atomic E-state index is -0.263. The number of hydrogen-bond donors (Lipinski definition) is 0. The molecule has 0 bridgehead atoms. The van der Waals surface area contributed by atoms with Crippen LogP contribution in [0.5, 0.6) is 0 Å². The lowest BCUT2D eigenvalue weighted by Gasteiger charge is -2.04. The number of ketones is 2. The van der Waals surface area contributed by atoms with Gasteiger partial charge in [-0.15, -0.1) is 0 Å². The van der Waals surface area contributed by atoms with E-state index in [1.807, 2.05) is 14.1 Å². The third kappa shape index (κ3) is 2.22. The van der Waals surface area contributed by atoms with Crippen LogP contribution in [0.2, 0.25) is 0 Å². The molecule has 0 amide bonds. The number of carbonyl (C=O) groups excluding carboxylic acids is 2. The highest BCUT2D eigenvalue weighted by molar-refractivity contribution is 6.41. The fourth-order valence-electron chi connectivity index (χ4n) is 1.83. The maximum Gasteiger partial charge on any atom is 0.197 e. The maximum absolute atomic E-state index is 12.0. The summed E-state index contributed by atoms with van der Waals surface area (Å²) in [5.41, 5.74) is 1.02. The number of hydrogen-bond acceptors (Lipinski definition) is 3. The molecule has 0 radical (unpaired) electrons. The Kier molecular flexibility index (Phi) is 3.34. The van der Waals surface area contributed by atoms with E-state index in [0.717, 1.165) is 0 Å². The van der Waals surface area contributed by atoms with Crippen LogP contribution < -0.4 is 0 Å². The van der Waals surface area contributed by atoms with E-state index in [0.29, 0.717) is 16.2 Å². The molecule has 4 heteroatoms. The number of halogens is 1. The van der Waals surface area contributed by atoms with Crippen molar-refractivity contribution in [3.63, 3.8) is 0 Å². The Bertz CT molecular complexity index is 548. The highest BCUT2D eigenvalue weighted by Gasteiger charge is 2.32. The van der Waals surface area contributed by atoms with Crippen molar-refractivity contribution in [2.24, 2.45) is 0 Å². The normalized spacial score (nSPS) is 14.8. The molecule has 0 atom stereocenters. The Morgan fingerprint density at radius 2 is 1.61 bits per heavy atom. The van der Waals surface area contributed by atoms with Crippen molar-refractivity contribution in [3.05, 3.63) is 58.3 Å². The summed E-state index contributed by atoms with van der Waals surface area (Å²) >= 11 is 5.97. The number of carbonyl (C=O) groups is 2. The molecule has 3 nitrogen and oxygen atoms in total. The molecule has 0 saturated carbocycles. The smallest absolute Gasteiger partial charge is 0.197 e. The molecule has 0 fully saturated rings. The molecule has 2 rings (SSSR count). The molecule has 0 aliphatic heterocycles. The molecule has 1 aliphatic carbocycles. The second kappa shape index (κ2) is 4.78. The fraction of sp³-hybridized carbons (Fsp3) is 0.143. The van der Waals surface area contributed by atoms with Crippen LogP contribution in [0.4, 0.5) is 0 Å². The average Bonchev–Trinajstić information content (AvgIpc) is 2.54. The summed E-state index contributed by atoms with van der Waals surface area (Å²) in [6, 6.07) is 6.79. The first-order chi connectivity index (χ1) is 8.50. The summed E-state index contributed by atoms with van der Waals surface area (Å²) in [5.74, 6) is -0.526. The van der Waals surface area contributed by atoms with Crippen LogP contribution in [0.25, 0.3) is 0 Å². The highest BCUT2D eigenvalue weighted by atomic mass is 35.5. The van der Waals surface area contributed by atoms with Crippen LogP contribution in [0.1, 0.15) is 20.7 Å². The van der Waals surface area contributed by atoms with Crippen molar-refractivity contribution in [1.82, 2.24) is 4.90 Å². The van der Waals surface area contributed by atoms with Crippen LogP contribution in [0.15, 0.2) is 47.1 Å². The topological polar surface area (TPSA) is 37.4 Å². The summed E-state index contributed by atoms with van der Waals surface area (Å²) < 4.78 is 0. The molecule has 92 valence electrons. The van der Waals surface area contributed by atoms with Gasteiger partial charge in [-0.1, -0.05) is 35.9 Å². The van der Waals surface area contributed by atoms with Crippen LogP contribution >= 0.6 is 11.6 Å². The lowest BCUT2D eigenvalue weighted by molar-refractivity contribution is 0.0988. The molecule has 0 heterocycles. The van der Waals surface area contributed by atoms with E-state index in [1.165, 1.54) is 6.08 Å². The van der Waals surface area contributed by atoms with Gasteiger partial charge in [-0.25, -0.2) is 0 Å². The number of benzene rings is 1. The number of Topliss-reactive ketones (excluding diaryl/α,β-unsaturated/α-hetero) is 2. The minimum absolute atomic E-state index is 0.124. The van der Waals surface area contributed by atoms with Gasteiger partial charge in [-0.05, 0) is 6.08 Å². The molecule has 0 unspecified atom stereocenters. The van der Waals surface area contributed by atoms with Gasteiger partial charge in [0.05, 0.1) is 10.6 Å². The Labute approximate surface area is 110 Å². The van der Waals surface area contributed by atoms with Crippen molar-refractivity contribution in [1.29, 1.82) is 0 Å². The van der Waals surface area contributed by atoms with Crippen LogP contribution in [-0.2, 0) is 0 Å². The van der Waals surface area contributed by atoms with Crippen molar-refractivity contribution in [3.8, 4) is 0 Å². The molecule has 0 saturated heterocycles. The molecule has 18 heavy (non-hydrogen) atoms. The van der Waals surface area contributed by atoms with E-state index < -0.39 is 0 Å². The summed E-state index contributed by atoms with van der Waals surface area (Å²) in [4.78, 5) is 25.8. The Hall–Kier alpha value is -1.87. The third-order valence-electron chi connectivity index (χ3n) is 2.57. The zero-order valence-electron chi connectivity index (χ0n) is 10.1. The van der Waals surface area contributed by atoms with E-state index in [9.17, 15) is 9.59 Å². The van der Waals surface area contributed by atoms with Crippen molar-refractivity contribution < 1.29 is 9.59 Å². The average molecular weight is 262 g/mol. The number of rotatable bonds is 2. The number of fused-ring (bicyclic) bond motifs is 1. The molecule has 0 aromatic heterocycles. The predicted octanol–water partition coefficient (Wildman–Crippen LogP) is 2.63. The third-order valence-corrected chi connectivity index (χ3v) is 2.78. The van der Waals surface area contributed by atoms with E-state index in [2.05, 4.69) is 0 Å². The summed E-state index contributed by atoms with van der Waals surface area (Å²) in [6.45, 7) is 0. The van der Waals surface area contributed by atoms with Gasteiger partial charge in [0.25, 0.3) is 0 Å². The largest absolute Gasteiger partial charge is 0.382 e. The van der Waals surface area contributed by atoms with Crippen LogP contribution in [0, 0.1) is 0 Å². The quantitative estimate of drug-likeness (QED) is 0.607. The van der Waals surface area contributed by atoms with E-state index in [-0.39, 0.29) is 17.1 Å². The lowest BCUT2D eigenvalue weighted by atomic mass is 10.1. The summed E-state index contributed by atoms with van der Waals surface area (Å²) in [6.07, 6.45) is 3.06. The molecule has 0 spiro atoms.